The molecule has 0 bridgehead atoms. The summed E-state index contributed by atoms with van der Waals surface area (Å²) < 4.78 is 22.0. The summed E-state index contributed by atoms with van der Waals surface area (Å²) in [5.74, 6) is 0.0587. The lowest BCUT2D eigenvalue weighted by Crippen LogP contribution is -2.26. The van der Waals surface area contributed by atoms with E-state index < -0.39 is 0 Å². The van der Waals surface area contributed by atoms with E-state index in [2.05, 4.69) is 39.1 Å². The Labute approximate surface area is 172 Å². The summed E-state index contributed by atoms with van der Waals surface area (Å²) in [4.78, 5) is 6.34. The van der Waals surface area contributed by atoms with Gasteiger partial charge in [0.15, 0.2) is 0 Å². The third kappa shape index (κ3) is 4.15. The van der Waals surface area contributed by atoms with Gasteiger partial charge in [0.1, 0.15) is 18.5 Å². The Kier molecular flexibility index (Phi) is 5.32. The minimum atomic E-state index is -0.310. The lowest BCUT2D eigenvalue weighted by Gasteiger charge is -2.24. The number of rotatable bonds is 6. The first-order valence-corrected chi connectivity index (χ1v) is 9.41. The fraction of sp³-hybridized carbons (Fsp3) is 0.200. The van der Waals surface area contributed by atoms with Crippen molar-refractivity contribution in [3.8, 4) is 17.1 Å². The molecular weight excluding hydrogens is 391 g/mol. The molecule has 148 valence electrons. The van der Waals surface area contributed by atoms with Crippen molar-refractivity contribution < 1.29 is 8.81 Å². The highest BCUT2D eigenvalue weighted by Gasteiger charge is 2.15. The van der Waals surface area contributed by atoms with Crippen molar-refractivity contribution in [3.05, 3.63) is 77.4 Å². The van der Waals surface area contributed by atoms with Crippen molar-refractivity contribution >= 4 is 12.2 Å². The third-order valence-corrected chi connectivity index (χ3v) is 5.07. The van der Waals surface area contributed by atoms with Gasteiger partial charge in [0, 0.05) is 11.6 Å². The van der Waals surface area contributed by atoms with Gasteiger partial charge in [-0.2, -0.15) is 5.10 Å². The monoisotopic (exact) mass is 410 g/mol. The summed E-state index contributed by atoms with van der Waals surface area (Å²) in [5.41, 5.74) is 2.77. The van der Waals surface area contributed by atoms with Crippen LogP contribution in [0.4, 0.5) is 4.39 Å². The molecule has 29 heavy (non-hydrogen) atoms. The molecule has 0 unspecified atom stereocenters. The largest absolute Gasteiger partial charge is 0.409 e. The number of benzene rings is 2. The van der Waals surface area contributed by atoms with Crippen molar-refractivity contribution in [2.24, 2.45) is 0 Å². The number of nitrogens with zero attached hydrogens (tertiary/aromatic N) is 6. The summed E-state index contributed by atoms with van der Waals surface area (Å²) in [6, 6.07) is 14.2. The second-order valence-electron chi connectivity index (χ2n) is 6.69. The highest BCUT2D eigenvalue weighted by molar-refractivity contribution is 7.71. The van der Waals surface area contributed by atoms with E-state index in [1.54, 1.807) is 27.8 Å². The molecule has 2 aromatic carbocycles. The highest BCUT2D eigenvalue weighted by atomic mass is 32.1. The van der Waals surface area contributed by atoms with E-state index >= 15 is 0 Å². The molecule has 0 aliphatic heterocycles. The Balaban J connectivity index is 1.48. The van der Waals surface area contributed by atoms with E-state index in [0.717, 1.165) is 11.3 Å². The molecule has 2 heterocycles. The molecule has 0 saturated heterocycles. The molecule has 0 N–H and O–H groups in total. The summed E-state index contributed by atoms with van der Waals surface area (Å²) >= 11 is 5.30. The lowest BCUT2D eigenvalue weighted by molar-refractivity contribution is 0.192. The van der Waals surface area contributed by atoms with Crippen LogP contribution in [0, 0.1) is 10.7 Å². The Morgan fingerprint density at radius 2 is 1.86 bits per heavy atom. The molecule has 9 heteroatoms. The molecule has 0 radical (unpaired) electrons. The lowest BCUT2D eigenvalue weighted by atomic mass is 10.1. The zero-order valence-corrected chi connectivity index (χ0v) is 16.8. The first-order valence-electron chi connectivity index (χ1n) is 9.00. The van der Waals surface area contributed by atoms with Crippen molar-refractivity contribution in [2.45, 2.75) is 19.6 Å². The average molecular weight is 410 g/mol. The first kappa shape index (κ1) is 19.2. The van der Waals surface area contributed by atoms with Crippen LogP contribution in [-0.4, -0.2) is 36.5 Å². The molecule has 0 amide bonds. The van der Waals surface area contributed by atoms with Crippen LogP contribution < -0.4 is 0 Å². The second kappa shape index (κ2) is 8.06. The zero-order valence-electron chi connectivity index (χ0n) is 15.9. The molecule has 0 aliphatic carbocycles. The fourth-order valence-electron chi connectivity index (χ4n) is 2.94. The smallest absolute Gasteiger partial charge is 0.288 e. The Morgan fingerprint density at radius 1 is 1.14 bits per heavy atom. The van der Waals surface area contributed by atoms with Crippen LogP contribution in [0.15, 0.2) is 65.6 Å². The summed E-state index contributed by atoms with van der Waals surface area (Å²) in [6.45, 7) is 2.56. The minimum Gasteiger partial charge on any atom is -0.409 e. The van der Waals surface area contributed by atoms with E-state index in [1.807, 2.05) is 19.2 Å². The molecule has 7 nitrogen and oxygen atoms in total. The maximum atomic E-state index is 13.1. The summed E-state index contributed by atoms with van der Waals surface area (Å²) in [6.07, 6.45) is 3.17. The molecule has 2 aromatic heterocycles. The van der Waals surface area contributed by atoms with E-state index in [9.17, 15) is 4.39 Å². The SMILES string of the molecule is C[C@H](c1ccc(-n2cncn2)cc1)N(C)Cn1nc(-c2ccc(F)cc2)oc1=S. The normalized spacial score (nSPS) is 12.4. The van der Waals surface area contributed by atoms with Gasteiger partial charge in [0.25, 0.3) is 4.84 Å². The van der Waals surface area contributed by atoms with Crippen molar-refractivity contribution in [3.63, 3.8) is 0 Å². The number of aromatic nitrogens is 5. The van der Waals surface area contributed by atoms with Crippen LogP contribution in [0.1, 0.15) is 18.5 Å². The van der Waals surface area contributed by atoms with Gasteiger partial charge in [-0.05, 0) is 68.2 Å². The highest BCUT2D eigenvalue weighted by Crippen LogP contribution is 2.22. The van der Waals surface area contributed by atoms with Gasteiger partial charge >= 0.3 is 0 Å². The molecule has 1 atom stereocenters. The molecular formula is C20H19FN6OS. The predicted molar refractivity (Wildman–Crippen MR) is 108 cm³/mol. The van der Waals surface area contributed by atoms with Gasteiger partial charge in [-0.1, -0.05) is 12.1 Å². The van der Waals surface area contributed by atoms with Gasteiger partial charge < -0.3 is 4.42 Å². The quantitative estimate of drug-likeness (QED) is 0.443. The summed E-state index contributed by atoms with van der Waals surface area (Å²) in [5, 5.41) is 8.57. The number of halogens is 1. The maximum absolute atomic E-state index is 13.1. The molecule has 4 rings (SSSR count). The van der Waals surface area contributed by atoms with Gasteiger partial charge in [-0.25, -0.2) is 18.7 Å². The Morgan fingerprint density at radius 3 is 2.52 bits per heavy atom. The van der Waals surface area contributed by atoms with Crippen molar-refractivity contribution in [1.82, 2.24) is 29.4 Å². The van der Waals surface area contributed by atoms with Crippen LogP contribution in [0.2, 0.25) is 0 Å². The van der Waals surface area contributed by atoms with Gasteiger partial charge in [0.05, 0.1) is 12.4 Å². The minimum absolute atomic E-state index is 0.118. The average Bonchev–Trinajstić information content (AvgIpc) is 3.39. The molecule has 0 fully saturated rings. The topological polar surface area (TPSA) is 64.9 Å². The Bertz CT molecular complexity index is 1140. The predicted octanol–water partition coefficient (Wildman–Crippen LogP) is 4.24. The van der Waals surface area contributed by atoms with Gasteiger partial charge in [-0.15, -0.1) is 5.10 Å². The van der Waals surface area contributed by atoms with E-state index in [1.165, 1.54) is 18.5 Å². The van der Waals surface area contributed by atoms with E-state index in [4.69, 9.17) is 16.6 Å². The Hall–Kier alpha value is -3.17. The van der Waals surface area contributed by atoms with E-state index in [-0.39, 0.29) is 16.7 Å². The third-order valence-electron chi connectivity index (χ3n) is 4.77. The standard InChI is InChI=1S/C20H19FN6OS/c1-14(15-5-9-18(10-6-15)26-12-22-11-23-26)25(2)13-27-20(29)28-19(24-27)16-3-7-17(21)8-4-16/h3-12,14H,13H2,1-2H3/t14-/m1/s1. The van der Waals surface area contributed by atoms with Crippen LogP contribution in [0.5, 0.6) is 0 Å². The van der Waals surface area contributed by atoms with Crippen LogP contribution in [-0.2, 0) is 6.67 Å². The number of hydrogen-bond acceptors (Lipinski definition) is 6. The van der Waals surface area contributed by atoms with Gasteiger partial charge in [0.2, 0.25) is 5.89 Å². The molecule has 0 aliphatic rings. The first-order chi connectivity index (χ1) is 14.0. The molecule has 0 saturated carbocycles. The van der Waals surface area contributed by atoms with Crippen LogP contribution in [0.25, 0.3) is 17.1 Å². The van der Waals surface area contributed by atoms with Crippen LogP contribution >= 0.6 is 12.2 Å². The maximum Gasteiger partial charge on any atom is 0.288 e. The number of hydrogen-bond donors (Lipinski definition) is 0. The zero-order chi connectivity index (χ0) is 20.4. The second-order valence-corrected chi connectivity index (χ2v) is 7.03. The fourth-order valence-corrected chi connectivity index (χ4v) is 3.12. The van der Waals surface area contributed by atoms with E-state index in [0.29, 0.717) is 18.1 Å². The summed E-state index contributed by atoms with van der Waals surface area (Å²) in [7, 11) is 1.99. The van der Waals surface area contributed by atoms with Crippen LogP contribution in [0.3, 0.4) is 0 Å². The van der Waals surface area contributed by atoms with Crippen molar-refractivity contribution in [1.29, 1.82) is 0 Å². The van der Waals surface area contributed by atoms with Gasteiger partial charge in [-0.3, -0.25) is 4.90 Å². The molecule has 4 aromatic rings. The molecule has 0 spiro atoms. The van der Waals surface area contributed by atoms with Crippen molar-refractivity contribution in [2.75, 3.05) is 7.05 Å².